The summed E-state index contributed by atoms with van der Waals surface area (Å²) in [7, 11) is 0. The van der Waals surface area contributed by atoms with Crippen LogP contribution in [0.3, 0.4) is 0 Å². The van der Waals surface area contributed by atoms with Crippen molar-refractivity contribution in [2.24, 2.45) is 4.99 Å². The third-order valence-corrected chi connectivity index (χ3v) is 1.32. The van der Waals surface area contributed by atoms with Gasteiger partial charge < -0.3 is 0 Å². The van der Waals surface area contributed by atoms with Gasteiger partial charge in [-0.2, -0.15) is 0 Å². The van der Waals surface area contributed by atoms with Crippen molar-refractivity contribution in [1.82, 2.24) is 0 Å². The zero-order valence-electron chi connectivity index (χ0n) is 4.01. The fourth-order valence-electron chi connectivity index (χ4n) is 0.308. The SMILES string of the molecule is CC1=NC=C=CS1. The maximum absolute atomic E-state index is 3.94. The lowest BCUT2D eigenvalue weighted by Gasteiger charge is -1.90. The molecule has 0 radical (unpaired) electrons. The highest BCUT2D eigenvalue weighted by Crippen LogP contribution is 2.07. The van der Waals surface area contributed by atoms with Crippen LogP contribution in [-0.4, -0.2) is 5.04 Å². The summed E-state index contributed by atoms with van der Waals surface area (Å²) >= 11 is 1.60. The third-order valence-electron chi connectivity index (χ3n) is 0.618. The summed E-state index contributed by atoms with van der Waals surface area (Å²) in [6.07, 6.45) is 1.67. The molecule has 0 aromatic carbocycles. The molecule has 0 saturated heterocycles. The largest absolute Gasteiger partial charge is 0.246 e. The number of aliphatic imine (C=N–C) groups is 1. The molecule has 1 aliphatic heterocycles. The Bertz CT molecular complexity index is 151. The number of hydrogen-bond acceptors (Lipinski definition) is 2. The molecule has 0 aromatic heterocycles. The lowest BCUT2D eigenvalue weighted by Crippen LogP contribution is -1.78. The Morgan fingerprint density at radius 2 is 2.71 bits per heavy atom. The first kappa shape index (κ1) is 4.69. The van der Waals surface area contributed by atoms with Crippen molar-refractivity contribution in [3.63, 3.8) is 0 Å². The average molecular weight is 111 g/mol. The van der Waals surface area contributed by atoms with Crippen LogP contribution in [0, 0.1) is 0 Å². The molecular weight excluding hydrogens is 106 g/mol. The monoisotopic (exact) mass is 111 g/mol. The van der Waals surface area contributed by atoms with Crippen LogP contribution in [0.25, 0.3) is 0 Å². The van der Waals surface area contributed by atoms with Crippen molar-refractivity contribution in [2.75, 3.05) is 0 Å². The highest BCUT2D eigenvalue weighted by Gasteiger charge is 1.85. The predicted molar refractivity (Wildman–Crippen MR) is 33.4 cm³/mol. The van der Waals surface area contributed by atoms with Gasteiger partial charge in [-0.1, -0.05) is 17.5 Å². The Morgan fingerprint density at radius 1 is 1.86 bits per heavy atom. The number of hydrogen-bond donors (Lipinski definition) is 0. The molecule has 0 unspecified atom stereocenters. The second-order valence-corrected chi connectivity index (χ2v) is 2.24. The summed E-state index contributed by atoms with van der Waals surface area (Å²) in [4.78, 5) is 3.94. The number of thioether (sulfide) groups is 1. The second kappa shape index (κ2) is 2.01. The van der Waals surface area contributed by atoms with Crippen LogP contribution in [0.1, 0.15) is 6.92 Å². The molecule has 1 rings (SSSR count). The van der Waals surface area contributed by atoms with E-state index in [4.69, 9.17) is 0 Å². The molecular formula is C5H5NS. The van der Waals surface area contributed by atoms with E-state index in [2.05, 4.69) is 10.7 Å². The van der Waals surface area contributed by atoms with E-state index in [1.54, 1.807) is 18.0 Å². The molecule has 0 spiro atoms. The fraction of sp³-hybridized carbons (Fsp3) is 0.200. The van der Waals surface area contributed by atoms with Crippen LogP contribution in [0.5, 0.6) is 0 Å². The Hall–Kier alpha value is -0.460. The lowest BCUT2D eigenvalue weighted by atomic mass is 10.8. The van der Waals surface area contributed by atoms with Crippen molar-refractivity contribution in [1.29, 1.82) is 0 Å². The second-order valence-electron chi connectivity index (χ2n) is 1.18. The van der Waals surface area contributed by atoms with Crippen LogP contribution in [0.2, 0.25) is 0 Å². The molecule has 0 aromatic rings. The van der Waals surface area contributed by atoms with E-state index in [1.807, 2.05) is 12.3 Å². The lowest BCUT2D eigenvalue weighted by molar-refractivity contribution is 1.58. The van der Waals surface area contributed by atoms with E-state index in [-0.39, 0.29) is 0 Å². The van der Waals surface area contributed by atoms with Crippen LogP contribution in [0.4, 0.5) is 0 Å². The molecule has 1 heterocycles. The van der Waals surface area contributed by atoms with Gasteiger partial charge in [0.25, 0.3) is 0 Å². The molecule has 0 N–H and O–H groups in total. The summed E-state index contributed by atoms with van der Waals surface area (Å²) in [6, 6.07) is 0. The maximum Gasteiger partial charge on any atom is 0.0755 e. The molecule has 2 heteroatoms. The smallest absolute Gasteiger partial charge is 0.0755 e. The van der Waals surface area contributed by atoms with E-state index >= 15 is 0 Å². The Balaban J connectivity index is 2.77. The van der Waals surface area contributed by atoms with E-state index in [9.17, 15) is 0 Å². The quantitative estimate of drug-likeness (QED) is 0.434. The molecule has 0 fully saturated rings. The summed E-state index contributed by atoms with van der Waals surface area (Å²) in [5.41, 5.74) is 2.84. The minimum atomic E-state index is 1.08. The molecule has 0 saturated carbocycles. The van der Waals surface area contributed by atoms with Gasteiger partial charge in [0.15, 0.2) is 0 Å². The van der Waals surface area contributed by atoms with Crippen LogP contribution in [0.15, 0.2) is 22.3 Å². The van der Waals surface area contributed by atoms with Gasteiger partial charge in [0.05, 0.1) is 11.2 Å². The van der Waals surface area contributed by atoms with E-state index in [1.165, 1.54) is 0 Å². The van der Waals surface area contributed by atoms with E-state index < -0.39 is 0 Å². The highest BCUT2D eigenvalue weighted by molar-refractivity contribution is 8.16. The van der Waals surface area contributed by atoms with Gasteiger partial charge in [0.1, 0.15) is 0 Å². The number of nitrogens with zero attached hydrogens (tertiary/aromatic N) is 1. The zero-order valence-corrected chi connectivity index (χ0v) is 4.83. The minimum absolute atomic E-state index is 1.08. The van der Waals surface area contributed by atoms with Gasteiger partial charge in [-0.3, -0.25) is 0 Å². The summed E-state index contributed by atoms with van der Waals surface area (Å²) in [6.45, 7) is 1.97. The normalized spacial score (nSPS) is 17.0. The van der Waals surface area contributed by atoms with Gasteiger partial charge in [-0.25, -0.2) is 4.99 Å². The standard InChI is InChI=1S/C5H5NS/c1-5-6-3-2-4-7-5/h3-4H,1H3. The fourth-order valence-corrected chi connectivity index (χ4v) is 0.721. The minimum Gasteiger partial charge on any atom is -0.246 e. The van der Waals surface area contributed by atoms with E-state index in [0.717, 1.165) is 5.04 Å². The average Bonchev–Trinajstić information content (AvgIpc) is 1.69. The summed E-state index contributed by atoms with van der Waals surface area (Å²) in [5.74, 6) is 0. The van der Waals surface area contributed by atoms with Gasteiger partial charge in [0, 0.05) is 5.41 Å². The van der Waals surface area contributed by atoms with Crippen molar-refractivity contribution in [3.8, 4) is 0 Å². The van der Waals surface area contributed by atoms with Crippen LogP contribution >= 0.6 is 11.8 Å². The first-order valence-electron chi connectivity index (χ1n) is 2.00. The van der Waals surface area contributed by atoms with Crippen molar-refractivity contribution in [3.05, 3.63) is 17.3 Å². The molecule has 1 nitrogen and oxygen atoms in total. The molecule has 36 valence electrons. The molecule has 0 atom stereocenters. The highest BCUT2D eigenvalue weighted by atomic mass is 32.2. The summed E-state index contributed by atoms with van der Waals surface area (Å²) < 4.78 is 0. The molecule has 0 amide bonds. The first-order chi connectivity index (χ1) is 3.39. The maximum atomic E-state index is 3.94. The van der Waals surface area contributed by atoms with Gasteiger partial charge in [0.2, 0.25) is 0 Å². The van der Waals surface area contributed by atoms with Crippen molar-refractivity contribution < 1.29 is 0 Å². The Morgan fingerprint density at radius 3 is 3.00 bits per heavy atom. The third kappa shape index (κ3) is 1.22. The molecule has 0 bridgehead atoms. The molecule has 1 aliphatic rings. The first-order valence-corrected chi connectivity index (χ1v) is 2.88. The van der Waals surface area contributed by atoms with Crippen LogP contribution in [-0.2, 0) is 0 Å². The van der Waals surface area contributed by atoms with E-state index in [0.29, 0.717) is 0 Å². The Kier molecular flexibility index (Phi) is 1.35. The topological polar surface area (TPSA) is 12.4 Å². The van der Waals surface area contributed by atoms with Crippen molar-refractivity contribution in [2.45, 2.75) is 6.92 Å². The molecule has 0 aliphatic carbocycles. The summed E-state index contributed by atoms with van der Waals surface area (Å²) in [5, 5.41) is 2.97. The zero-order chi connectivity index (χ0) is 5.11. The van der Waals surface area contributed by atoms with Gasteiger partial charge in [-0.15, -0.1) is 0 Å². The van der Waals surface area contributed by atoms with Gasteiger partial charge in [-0.05, 0) is 6.92 Å². The van der Waals surface area contributed by atoms with Gasteiger partial charge >= 0.3 is 0 Å². The number of rotatable bonds is 0. The van der Waals surface area contributed by atoms with Crippen molar-refractivity contribution >= 4 is 16.8 Å². The van der Waals surface area contributed by atoms with Crippen LogP contribution < -0.4 is 0 Å². The molecule has 7 heavy (non-hydrogen) atoms. The Labute approximate surface area is 46.8 Å². The predicted octanol–water partition coefficient (Wildman–Crippen LogP) is 1.78.